The third-order valence-corrected chi connectivity index (χ3v) is 3.29. The summed E-state index contributed by atoms with van der Waals surface area (Å²) < 4.78 is 0. The summed E-state index contributed by atoms with van der Waals surface area (Å²) in [7, 11) is 0. The Kier molecular flexibility index (Phi) is 5.99. The molecule has 5 nitrogen and oxygen atoms in total. The zero-order valence-electron chi connectivity index (χ0n) is 11.4. The Balaban J connectivity index is 4.76. The molecule has 0 aromatic carbocycles. The second kappa shape index (κ2) is 6.47. The molecule has 0 saturated carbocycles. The monoisotopic (exact) mass is 244 g/mol. The molecule has 0 aliphatic heterocycles. The zero-order valence-corrected chi connectivity index (χ0v) is 11.4. The van der Waals surface area contributed by atoms with E-state index in [1.807, 2.05) is 20.8 Å². The van der Waals surface area contributed by atoms with Gasteiger partial charge in [-0.2, -0.15) is 0 Å². The normalized spacial score (nSPS) is 15.8. The highest BCUT2D eigenvalue weighted by atomic mass is 16.4. The molecule has 2 N–H and O–H groups in total. The lowest BCUT2D eigenvalue weighted by Gasteiger charge is -2.32. The fraction of sp³-hybridized carbons (Fsp3) is 0.833. The van der Waals surface area contributed by atoms with E-state index in [9.17, 15) is 9.59 Å². The number of nitrogens with zero attached hydrogens (tertiary/aromatic N) is 1. The van der Waals surface area contributed by atoms with Gasteiger partial charge in [0.2, 0.25) is 0 Å². The van der Waals surface area contributed by atoms with E-state index in [4.69, 9.17) is 5.11 Å². The average molecular weight is 244 g/mol. The van der Waals surface area contributed by atoms with Crippen LogP contribution in [0.15, 0.2) is 0 Å². The summed E-state index contributed by atoms with van der Waals surface area (Å²) in [6.45, 7) is 9.67. The van der Waals surface area contributed by atoms with Gasteiger partial charge in [0.1, 0.15) is 5.54 Å². The number of hydrogen-bond donors (Lipinski definition) is 2. The number of urea groups is 1. The summed E-state index contributed by atoms with van der Waals surface area (Å²) in [6.07, 6.45) is 1.20. The van der Waals surface area contributed by atoms with Crippen molar-refractivity contribution in [3.8, 4) is 0 Å². The van der Waals surface area contributed by atoms with Gasteiger partial charge in [0.15, 0.2) is 0 Å². The van der Waals surface area contributed by atoms with Gasteiger partial charge in [-0.3, -0.25) is 0 Å². The van der Waals surface area contributed by atoms with E-state index in [0.29, 0.717) is 13.0 Å². The van der Waals surface area contributed by atoms with Crippen LogP contribution in [0.4, 0.5) is 4.79 Å². The van der Waals surface area contributed by atoms with Crippen LogP contribution in [0.25, 0.3) is 0 Å². The quantitative estimate of drug-likeness (QED) is 0.751. The predicted octanol–water partition coefficient (Wildman–Crippen LogP) is 2.07. The number of amides is 2. The van der Waals surface area contributed by atoms with Crippen molar-refractivity contribution in [3.63, 3.8) is 0 Å². The minimum atomic E-state index is -1.20. The predicted molar refractivity (Wildman–Crippen MR) is 67.0 cm³/mol. The van der Waals surface area contributed by atoms with Crippen LogP contribution in [0.5, 0.6) is 0 Å². The lowest BCUT2D eigenvalue weighted by Crippen LogP contribution is -2.57. The average Bonchev–Trinajstić information content (AvgIpc) is 2.29. The molecule has 0 bridgehead atoms. The van der Waals surface area contributed by atoms with Crippen molar-refractivity contribution in [3.05, 3.63) is 0 Å². The lowest BCUT2D eigenvalue weighted by molar-refractivity contribution is -0.143. The van der Waals surface area contributed by atoms with Crippen LogP contribution in [0.3, 0.4) is 0 Å². The molecule has 2 amide bonds. The van der Waals surface area contributed by atoms with Crippen LogP contribution >= 0.6 is 0 Å². The first kappa shape index (κ1) is 15.7. The first-order valence-electron chi connectivity index (χ1n) is 6.14. The fourth-order valence-corrected chi connectivity index (χ4v) is 1.48. The van der Waals surface area contributed by atoms with Crippen LogP contribution in [0.2, 0.25) is 0 Å². The van der Waals surface area contributed by atoms with E-state index >= 15 is 0 Å². The molecule has 0 aliphatic carbocycles. The number of carbonyl (C=O) groups is 2. The van der Waals surface area contributed by atoms with Crippen molar-refractivity contribution in [2.75, 3.05) is 6.54 Å². The molecule has 0 heterocycles. The number of aliphatic carboxylic acids is 1. The molecular formula is C12H24N2O3. The molecule has 0 rings (SSSR count). The van der Waals surface area contributed by atoms with E-state index < -0.39 is 11.5 Å². The first-order chi connectivity index (χ1) is 7.82. The van der Waals surface area contributed by atoms with Crippen molar-refractivity contribution in [1.82, 2.24) is 10.2 Å². The van der Waals surface area contributed by atoms with E-state index in [1.54, 1.807) is 11.8 Å². The Hall–Kier alpha value is -1.26. The number of hydrogen-bond acceptors (Lipinski definition) is 2. The van der Waals surface area contributed by atoms with Gasteiger partial charge < -0.3 is 15.3 Å². The maximum absolute atomic E-state index is 12.0. The van der Waals surface area contributed by atoms with Gasteiger partial charge in [-0.05, 0) is 33.6 Å². The Morgan fingerprint density at radius 2 is 1.88 bits per heavy atom. The molecule has 5 heteroatoms. The molecule has 0 aromatic heterocycles. The van der Waals surface area contributed by atoms with E-state index in [-0.39, 0.29) is 12.1 Å². The van der Waals surface area contributed by atoms with Gasteiger partial charge in [-0.1, -0.05) is 13.8 Å². The third-order valence-electron chi connectivity index (χ3n) is 3.29. The molecule has 0 radical (unpaired) electrons. The summed E-state index contributed by atoms with van der Waals surface area (Å²) in [5.74, 6) is -1.01. The standard InChI is InChI=1S/C12H24N2O3/c1-6-9(4)14(8-3)11(17)13-12(5,7-2)10(15)16/h9H,6-8H2,1-5H3,(H,13,17)(H,15,16). The smallest absolute Gasteiger partial charge is 0.329 e. The summed E-state index contributed by atoms with van der Waals surface area (Å²) >= 11 is 0. The lowest BCUT2D eigenvalue weighted by atomic mass is 9.99. The topological polar surface area (TPSA) is 69.6 Å². The van der Waals surface area contributed by atoms with E-state index in [1.165, 1.54) is 6.92 Å². The van der Waals surface area contributed by atoms with Crippen molar-refractivity contribution < 1.29 is 14.7 Å². The van der Waals surface area contributed by atoms with Crippen molar-refractivity contribution in [2.24, 2.45) is 0 Å². The summed E-state index contributed by atoms with van der Waals surface area (Å²) in [5.41, 5.74) is -1.20. The molecular weight excluding hydrogens is 220 g/mol. The largest absolute Gasteiger partial charge is 0.480 e. The number of rotatable bonds is 6. The molecule has 0 fully saturated rings. The van der Waals surface area contributed by atoms with Gasteiger partial charge in [0.05, 0.1) is 0 Å². The molecule has 2 unspecified atom stereocenters. The molecule has 0 aromatic rings. The zero-order chi connectivity index (χ0) is 13.6. The van der Waals surface area contributed by atoms with E-state index in [2.05, 4.69) is 5.32 Å². The van der Waals surface area contributed by atoms with Crippen molar-refractivity contribution >= 4 is 12.0 Å². The summed E-state index contributed by atoms with van der Waals surface area (Å²) in [5, 5.41) is 11.7. The van der Waals surface area contributed by atoms with Crippen molar-refractivity contribution in [2.45, 2.75) is 59.0 Å². The van der Waals surface area contributed by atoms with Gasteiger partial charge >= 0.3 is 12.0 Å². The fourth-order valence-electron chi connectivity index (χ4n) is 1.48. The number of nitrogens with one attached hydrogen (secondary N) is 1. The Bertz CT molecular complexity index is 281. The van der Waals surface area contributed by atoms with Crippen molar-refractivity contribution in [1.29, 1.82) is 0 Å². The van der Waals surface area contributed by atoms with Crippen LogP contribution < -0.4 is 5.32 Å². The highest BCUT2D eigenvalue weighted by Gasteiger charge is 2.34. The Morgan fingerprint density at radius 1 is 1.35 bits per heavy atom. The number of carbonyl (C=O) groups excluding carboxylic acids is 1. The second-order valence-corrected chi connectivity index (χ2v) is 4.46. The maximum Gasteiger partial charge on any atom is 0.329 e. The molecule has 2 atom stereocenters. The van der Waals surface area contributed by atoms with Gasteiger partial charge in [0, 0.05) is 12.6 Å². The Labute approximate surface area is 103 Å². The third kappa shape index (κ3) is 3.91. The van der Waals surface area contributed by atoms with Gasteiger partial charge in [0.25, 0.3) is 0 Å². The molecule has 17 heavy (non-hydrogen) atoms. The molecule has 0 spiro atoms. The van der Waals surface area contributed by atoms with Crippen LogP contribution in [0, 0.1) is 0 Å². The Morgan fingerprint density at radius 3 is 2.18 bits per heavy atom. The van der Waals surface area contributed by atoms with Gasteiger partial charge in [-0.25, -0.2) is 9.59 Å². The van der Waals surface area contributed by atoms with Crippen LogP contribution in [-0.2, 0) is 4.79 Å². The van der Waals surface area contributed by atoms with E-state index in [0.717, 1.165) is 6.42 Å². The summed E-state index contributed by atoms with van der Waals surface area (Å²) in [6, 6.07) is -0.205. The van der Waals surface area contributed by atoms with Crippen LogP contribution in [-0.4, -0.2) is 40.1 Å². The summed E-state index contributed by atoms with van der Waals surface area (Å²) in [4.78, 5) is 24.8. The number of carboxylic acids is 1. The minimum Gasteiger partial charge on any atom is -0.480 e. The maximum atomic E-state index is 12.0. The highest BCUT2D eigenvalue weighted by Crippen LogP contribution is 2.12. The van der Waals surface area contributed by atoms with Crippen LogP contribution in [0.1, 0.15) is 47.5 Å². The highest BCUT2D eigenvalue weighted by molar-refractivity contribution is 5.85. The molecule has 0 aliphatic rings. The second-order valence-electron chi connectivity index (χ2n) is 4.46. The molecule has 0 saturated heterocycles. The first-order valence-corrected chi connectivity index (χ1v) is 6.14. The minimum absolute atomic E-state index is 0.106. The number of carboxylic acid groups (broad SMARTS) is 1. The van der Waals surface area contributed by atoms with Gasteiger partial charge in [-0.15, -0.1) is 0 Å². The SMILES string of the molecule is CCC(C)N(CC)C(=O)NC(C)(CC)C(=O)O. The molecule has 100 valence electrons.